The Balaban J connectivity index is 1.67. The number of amides is 3. The third kappa shape index (κ3) is 2.89. The lowest BCUT2D eigenvalue weighted by molar-refractivity contribution is -0.118. The van der Waals surface area contributed by atoms with E-state index in [2.05, 4.69) is 4.99 Å². The first-order chi connectivity index (χ1) is 12.9. The number of hydrogen-bond donors (Lipinski definition) is 0. The number of fused-ring (bicyclic) bond motifs is 2. The molecular weight excluding hydrogens is 386 g/mol. The maximum atomic E-state index is 12.4. The van der Waals surface area contributed by atoms with Crippen LogP contribution in [0, 0.1) is 6.92 Å². The molecule has 0 bridgehead atoms. The normalized spacial score (nSPS) is 14.3. The number of aryl methyl sites for hydroxylation is 2. The summed E-state index contributed by atoms with van der Waals surface area (Å²) >= 11 is 7.43. The SMILES string of the molecule is Cc1cc(Cl)cc2sc(=NC(=O)CN3C(=O)c4ccccc4C3=O)n(C)c12. The summed E-state index contributed by atoms with van der Waals surface area (Å²) in [6.07, 6.45) is 0. The van der Waals surface area contributed by atoms with Crippen LogP contribution in [0.4, 0.5) is 0 Å². The van der Waals surface area contributed by atoms with Gasteiger partial charge in [-0.3, -0.25) is 19.3 Å². The first kappa shape index (κ1) is 17.6. The Bertz CT molecular complexity index is 1170. The Labute approximate surface area is 163 Å². The monoisotopic (exact) mass is 399 g/mol. The van der Waals surface area contributed by atoms with Crippen molar-refractivity contribution in [2.75, 3.05) is 6.54 Å². The van der Waals surface area contributed by atoms with Gasteiger partial charge in [0.1, 0.15) is 6.54 Å². The molecule has 0 atom stereocenters. The molecule has 0 saturated heterocycles. The zero-order valence-corrected chi connectivity index (χ0v) is 16.1. The third-order valence-electron chi connectivity index (χ3n) is 4.45. The van der Waals surface area contributed by atoms with Gasteiger partial charge in [0.05, 0.1) is 21.3 Å². The first-order valence-electron chi connectivity index (χ1n) is 8.15. The van der Waals surface area contributed by atoms with E-state index < -0.39 is 17.7 Å². The predicted octanol–water partition coefficient (Wildman–Crippen LogP) is 2.93. The molecule has 2 heterocycles. The Morgan fingerprint density at radius 1 is 1.15 bits per heavy atom. The van der Waals surface area contributed by atoms with Gasteiger partial charge >= 0.3 is 0 Å². The molecule has 1 aliphatic heterocycles. The van der Waals surface area contributed by atoms with Crippen LogP contribution in [0.2, 0.25) is 5.02 Å². The van der Waals surface area contributed by atoms with Gasteiger partial charge < -0.3 is 4.57 Å². The van der Waals surface area contributed by atoms with Gasteiger partial charge in [-0.1, -0.05) is 35.1 Å². The van der Waals surface area contributed by atoms with Crippen LogP contribution in [0.25, 0.3) is 10.2 Å². The standard InChI is InChI=1S/C19H14ClN3O3S/c1-10-7-11(20)8-14-16(10)22(2)19(27-14)21-15(24)9-23-17(25)12-5-3-4-6-13(12)18(23)26/h3-8H,9H2,1-2H3. The van der Waals surface area contributed by atoms with E-state index in [0.717, 1.165) is 20.7 Å². The highest BCUT2D eigenvalue weighted by molar-refractivity contribution is 7.16. The van der Waals surface area contributed by atoms with E-state index in [0.29, 0.717) is 21.0 Å². The number of thiazole rings is 1. The van der Waals surface area contributed by atoms with E-state index in [9.17, 15) is 14.4 Å². The summed E-state index contributed by atoms with van der Waals surface area (Å²) in [7, 11) is 1.81. The molecule has 0 N–H and O–H groups in total. The van der Waals surface area contributed by atoms with Crippen LogP contribution < -0.4 is 4.80 Å². The Morgan fingerprint density at radius 3 is 2.41 bits per heavy atom. The summed E-state index contributed by atoms with van der Waals surface area (Å²) in [6, 6.07) is 10.2. The molecule has 0 fully saturated rings. The Kier molecular flexibility index (Phi) is 4.20. The molecule has 3 amide bonds. The summed E-state index contributed by atoms with van der Waals surface area (Å²) < 4.78 is 2.72. The number of rotatable bonds is 2. The van der Waals surface area contributed by atoms with Gasteiger partial charge in [-0.05, 0) is 36.8 Å². The number of aromatic nitrogens is 1. The second kappa shape index (κ2) is 6.44. The van der Waals surface area contributed by atoms with E-state index in [1.165, 1.54) is 11.3 Å². The Hall–Kier alpha value is -2.77. The van der Waals surface area contributed by atoms with Crippen molar-refractivity contribution >= 4 is 50.9 Å². The minimum atomic E-state index is -0.560. The smallest absolute Gasteiger partial charge is 0.268 e. The summed E-state index contributed by atoms with van der Waals surface area (Å²) in [5, 5.41) is 0.616. The van der Waals surface area contributed by atoms with Crippen LogP contribution in [0.1, 0.15) is 26.3 Å². The predicted molar refractivity (Wildman–Crippen MR) is 103 cm³/mol. The fourth-order valence-corrected chi connectivity index (χ4v) is 4.72. The van der Waals surface area contributed by atoms with Crippen molar-refractivity contribution in [2.24, 2.45) is 12.0 Å². The second-order valence-corrected chi connectivity index (χ2v) is 7.71. The van der Waals surface area contributed by atoms with Crippen LogP contribution in [0.5, 0.6) is 0 Å². The lowest BCUT2D eigenvalue weighted by Gasteiger charge is -2.10. The van der Waals surface area contributed by atoms with E-state index in [1.54, 1.807) is 24.3 Å². The van der Waals surface area contributed by atoms with Crippen molar-refractivity contribution < 1.29 is 14.4 Å². The highest BCUT2D eigenvalue weighted by atomic mass is 35.5. The fraction of sp³-hybridized carbons (Fsp3) is 0.158. The van der Waals surface area contributed by atoms with E-state index in [4.69, 9.17) is 11.6 Å². The van der Waals surface area contributed by atoms with E-state index >= 15 is 0 Å². The number of carbonyl (C=O) groups is 3. The average molecular weight is 400 g/mol. The Morgan fingerprint density at radius 2 is 1.78 bits per heavy atom. The molecule has 136 valence electrons. The largest absolute Gasteiger partial charge is 0.319 e. The number of imide groups is 1. The molecule has 0 spiro atoms. The van der Waals surface area contributed by atoms with Gasteiger partial charge in [-0.15, -0.1) is 0 Å². The van der Waals surface area contributed by atoms with Crippen LogP contribution in [0.15, 0.2) is 41.4 Å². The molecular formula is C19H14ClN3O3S. The maximum Gasteiger partial charge on any atom is 0.268 e. The van der Waals surface area contributed by atoms with Gasteiger partial charge in [0.2, 0.25) is 0 Å². The number of benzene rings is 2. The molecule has 0 radical (unpaired) electrons. The summed E-state index contributed by atoms with van der Waals surface area (Å²) in [4.78, 5) is 42.7. The van der Waals surface area contributed by atoms with Gasteiger partial charge in [-0.2, -0.15) is 4.99 Å². The van der Waals surface area contributed by atoms with Gasteiger partial charge in [0.15, 0.2) is 4.80 Å². The van der Waals surface area contributed by atoms with Crippen molar-refractivity contribution in [2.45, 2.75) is 6.92 Å². The molecule has 3 aromatic rings. The van der Waals surface area contributed by atoms with Crippen LogP contribution >= 0.6 is 22.9 Å². The van der Waals surface area contributed by atoms with Gasteiger partial charge in [0, 0.05) is 12.1 Å². The highest BCUT2D eigenvalue weighted by Gasteiger charge is 2.36. The molecule has 0 saturated carbocycles. The van der Waals surface area contributed by atoms with Crippen LogP contribution in [-0.4, -0.2) is 33.7 Å². The molecule has 1 aromatic heterocycles. The molecule has 27 heavy (non-hydrogen) atoms. The molecule has 6 nitrogen and oxygen atoms in total. The molecule has 8 heteroatoms. The lowest BCUT2D eigenvalue weighted by Crippen LogP contribution is -2.35. The van der Waals surface area contributed by atoms with Crippen molar-refractivity contribution in [3.63, 3.8) is 0 Å². The molecule has 2 aromatic carbocycles. The van der Waals surface area contributed by atoms with Crippen LogP contribution in [0.3, 0.4) is 0 Å². The average Bonchev–Trinajstić information content (AvgIpc) is 3.05. The van der Waals surface area contributed by atoms with E-state index in [1.807, 2.05) is 30.7 Å². The van der Waals surface area contributed by atoms with E-state index in [-0.39, 0.29) is 6.54 Å². The number of halogens is 1. The molecule has 4 rings (SSSR count). The maximum absolute atomic E-state index is 12.4. The van der Waals surface area contributed by atoms with Crippen molar-refractivity contribution in [3.05, 3.63) is 62.9 Å². The molecule has 1 aliphatic rings. The topological polar surface area (TPSA) is 71.7 Å². The van der Waals surface area contributed by atoms with Gasteiger partial charge in [0.25, 0.3) is 17.7 Å². The second-order valence-electron chi connectivity index (χ2n) is 6.26. The van der Waals surface area contributed by atoms with Crippen molar-refractivity contribution in [1.29, 1.82) is 0 Å². The fourth-order valence-electron chi connectivity index (χ4n) is 3.23. The first-order valence-corrected chi connectivity index (χ1v) is 9.34. The highest BCUT2D eigenvalue weighted by Crippen LogP contribution is 2.25. The quantitative estimate of drug-likeness (QED) is 0.622. The summed E-state index contributed by atoms with van der Waals surface area (Å²) in [5.74, 6) is -1.50. The lowest BCUT2D eigenvalue weighted by atomic mass is 10.1. The summed E-state index contributed by atoms with van der Waals surface area (Å²) in [6.45, 7) is 1.55. The van der Waals surface area contributed by atoms with Crippen molar-refractivity contribution in [3.8, 4) is 0 Å². The van der Waals surface area contributed by atoms with Gasteiger partial charge in [-0.25, -0.2) is 0 Å². The minimum absolute atomic E-state index is 0.313. The number of hydrogen-bond acceptors (Lipinski definition) is 4. The summed E-state index contributed by atoms with van der Waals surface area (Å²) in [5.41, 5.74) is 2.54. The zero-order chi connectivity index (χ0) is 19.3. The number of nitrogens with zero attached hydrogens (tertiary/aromatic N) is 3. The number of carbonyl (C=O) groups excluding carboxylic acids is 3. The van der Waals surface area contributed by atoms with Crippen LogP contribution in [-0.2, 0) is 11.8 Å². The minimum Gasteiger partial charge on any atom is -0.319 e. The molecule has 0 unspecified atom stereocenters. The third-order valence-corrected chi connectivity index (χ3v) is 5.74. The molecule has 0 aliphatic carbocycles. The zero-order valence-electron chi connectivity index (χ0n) is 14.5. The van der Waals surface area contributed by atoms with Crippen molar-refractivity contribution in [1.82, 2.24) is 9.47 Å².